The second-order valence-corrected chi connectivity index (χ2v) is 6.55. The maximum atomic E-state index is 9.38. The average Bonchev–Trinajstić information content (AvgIpc) is 3.11. The molecule has 2 N–H and O–H groups in total. The second kappa shape index (κ2) is 9.03. The number of nitrogens with zero attached hydrogens (tertiary/aromatic N) is 6. The Morgan fingerprint density at radius 2 is 2.26 bits per heavy atom. The summed E-state index contributed by atoms with van der Waals surface area (Å²) >= 11 is 0. The summed E-state index contributed by atoms with van der Waals surface area (Å²) in [5.41, 5.74) is 1.73. The third-order valence-electron chi connectivity index (χ3n) is 4.66. The fraction of sp³-hybridized carbons (Fsp3) is 0.474. The molecule has 0 radical (unpaired) electrons. The Morgan fingerprint density at radius 3 is 3.00 bits per heavy atom. The number of hydrogen-bond acceptors (Lipinski definition) is 5. The van der Waals surface area contributed by atoms with Gasteiger partial charge in [0, 0.05) is 32.7 Å². The first-order valence-electron chi connectivity index (χ1n) is 9.33. The van der Waals surface area contributed by atoms with Gasteiger partial charge in [-0.3, -0.25) is 4.68 Å². The number of para-hydroxylation sites is 1. The lowest BCUT2D eigenvalue weighted by atomic mass is 10.0. The van der Waals surface area contributed by atoms with Gasteiger partial charge in [-0.2, -0.15) is 10.4 Å². The van der Waals surface area contributed by atoms with Crippen LogP contribution in [0.5, 0.6) is 0 Å². The van der Waals surface area contributed by atoms with Crippen LogP contribution < -0.4 is 15.5 Å². The van der Waals surface area contributed by atoms with E-state index in [1.165, 1.54) is 6.33 Å². The van der Waals surface area contributed by atoms with Gasteiger partial charge in [-0.15, -0.1) is 0 Å². The minimum absolute atomic E-state index is 0.266. The van der Waals surface area contributed by atoms with Crippen LogP contribution in [0.1, 0.15) is 31.2 Å². The summed E-state index contributed by atoms with van der Waals surface area (Å²) in [5, 5.41) is 20.3. The zero-order valence-electron chi connectivity index (χ0n) is 15.9. The van der Waals surface area contributed by atoms with Gasteiger partial charge in [0.1, 0.15) is 24.8 Å². The number of hydrogen-bond donors (Lipinski definition) is 2. The summed E-state index contributed by atoms with van der Waals surface area (Å²) in [4.78, 5) is 11.1. The van der Waals surface area contributed by atoms with E-state index in [1.807, 2.05) is 31.3 Å². The quantitative estimate of drug-likeness (QED) is 0.614. The average molecular weight is 366 g/mol. The van der Waals surface area contributed by atoms with Crippen LogP contribution in [0, 0.1) is 11.3 Å². The summed E-state index contributed by atoms with van der Waals surface area (Å²) < 4.78 is 1.73. The fourth-order valence-electron chi connectivity index (χ4n) is 3.28. The summed E-state index contributed by atoms with van der Waals surface area (Å²) in [5.74, 6) is 1.60. The van der Waals surface area contributed by atoms with E-state index in [-0.39, 0.29) is 6.04 Å². The van der Waals surface area contributed by atoms with E-state index in [4.69, 9.17) is 0 Å². The van der Waals surface area contributed by atoms with E-state index < -0.39 is 0 Å². The lowest BCUT2D eigenvalue weighted by Gasteiger charge is -2.35. The summed E-state index contributed by atoms with van der Waals surface area (Å²) in [6.45, 7) is 5.12. The molecule has 1 aromatic carbocycles. The van der Waals surface area contributed by atoms with Crippen molar-refractivity contribution in [1.82, 2.24) is 25.4 Å². The minimum atomic E-state index is 0.266. The Kier molecular flexibility index (Phi) is 6.26. The molecule has 8 heteroatoms. The number of anilines is 1. The Bertz CT molecular complexity index is 819. The van der Waals surface area contributed by atoms with Gasteiger partial charge in [0.15, 0.2) is 5.96 Å². The van der Waals surface area contributed by atoms with E-state index in [0.29, 0.717) is 6.54 Å². The highest BCUT2D eigenvalue weighted by Gasteiger charge is 2.22. The number of aliphatic imine (C=N–C) groups is 1. The highest BCUT2D eigenvalue weighted by Crippen LogP contribution is 2.23. The number of guanidine groups is 1. The number of aryl methyl sites for hydroxylation is 1. The Balaban J connectivity index is 1.67. The van der Waals surface area contributed by atoms with E-state index in [0.717, 1.165) is 55.5 Å². The van der Waals surface area contributed by atoms with E-state index in [1.54, 1.807) is 4.68 Å². The van der Waals surface area contributed by atoms with E-state index in [9.17, 15) is 5.26 Å². The lowest BCUT2D eigenvalue weighted by molar-refractivity contribution is 0.467. The van der Waals surface area contributed by atoms with Crippen LogP contribution in [-0.4, -0.2) is 46.4 Å². The number of nitriles is 1. The molecule has 27 heavy (non-hydrogen) atoms. The van der Waals surface area contributed by atoms with Crippen LogP contribution in [0.25, 0.3) is 0 Å². The van der Waals surface area contributed by atoms with E-state index >= 15 is 0 Å². The predicted molar refractivity (Wildman–Crippen MR) is 105 cm³/mol. The molecular weight excluding hydrogens is 340 g/mol. The molecule has 2 aromatic rings. The number of nitrogens with one attached hydrogen (secondary N) is 2. The normalized spacial score (nSPS) is 17.4. The van der Waals surface area contributed by atoms with Gasteiger partial charge in [-0.1, -0.05) is 12.1 Å². The predicted octanol–water partition coefficient (Wildman–Crippen LogP) is 1.41. The van der Waals surface area contributed by atoms with Gasteiger partial charge in [-0.25, -0.2) is 9.98 Å². The monoisotopic (exact) mass is 366 g/mol. The first-order valence-corrected chi connectivity index (χ1v) is 9.33. The van der Waals surface area contributed by atoms with Gasteiger partial charge in [0.05, 0.1) is 11.3 Å². The molecule has 1 aliphatic heterocycles. The smallest absolute Gasteiger partial charge is 0.191 e. The molecule has 0 aliphatic carbocycles. The van der Waals surface area contributed by atoms with Crippen LogP contribution in [-0.2, 0) is 13.6 Å². The van der Waals surface area contributed by atoms with Crippen molar-refractivity contribution < 1.29 is 0 Å². The van der Waals surface area contributed by atoms with Gasteiger partial charge >= 0.3 is 0 Å². The van der Waals surface area contributed by atoms with Crippen molar-refractivity contribution in [2.45, 2.75) is 32.4 Å². The molecule has 0 spiro atoms. The molecule has 0 saturated carbocycles. The minimum Gasteiger partial charge on any atom is -0.368 e. The third kappa shape index (κ3) is 4.76. The molecule has 142 valence electrons. The molecule has 8 nitrogen and oxygen atoms in total. The van der Waals surface area contributed by atoms with E-state index in [2.05, 4.69) is 43.6 Å². The van der Waals surface area contributed by atoms with Gasteiger partial charge in [0.2, 0.25) is 0 Å². The molecule has 1 saturated heterocycles. The van der Waals surface area contributed by atoms with Crippen molar-refractivity contribution in [2.24, 2.45) is 12.0 Å². The van der Waals surface area contributed by atoms with Gasteiger partial charge in [-0.05, 0) is 31.9 Å². The maximum absolute atomic E-state index is 9.38. The lowest BCUT2D eigenvalue weighted by Crippen LogP contribution is -2.51. The topological polar surface area (TPSA) is 94.2 Å². The molecule has 2 heterocycles. The molecule has 1 aliphatic rings. The van der Waals surface area contributed by atoms with Crippen molar-refractivity contribution in [1.29, 1.82) is 5.26 Å². The first-order chi connectivity index (χ1) is 13.2. The number of rotatable bonds is 5. The maximum Gasteiger partial charge on any atom is 0.191 e. The first kappa shape index (κ1) is 18.7. The molecule has 1 unspecified atom stereocenters. The van der Waals surface area contributed by atoms with Crippen LogP contribution in [0.2, 0.25) is 0 Å². The molecule has 1 fully saturated rings. The zero-order valence-corrected chi connectivity index (χ0v) is 15.9. The zero-order chi connectivity index (χ0) is 19.1. The van der Waals surface area contributed by atoms with Crippen molar-refractivity contribution >= 4 is 11.6 Å². The Labute approximate surface area is 159 Å². The Morgan fingerprint density at radius 1 is 1.41 bits per heavy atom. The Hall–Kier alpha value is -3.08. The SMILES string of the molecule is CCNC(=NCc1ncnn1C)NC1CCCN(c2ccccc2C#N)C1. The highest BCUT2D eigenvalue weighted by atomic mass is 15.3. The largest absolute Gasteiger partial charge is 0.368 e. The third-order valence-corrected chi connectivity index (χ3v) is 4.66. The van der Waals surface area contributed by atoms with Crippen molar-refractivity contribution in [3.8, 4) is 6.07 Å². The van der Waals surface area contributed by atoms with Crippen LogP contribution >= 0.6 is 0 Å². The number of benzene rings is 1. The van der Waals surface area contributed by atoms with Crippen LogP contribution in [0.3, 0.4) is 0 Å². The van der Waals surface area contributed by atoms with Crippen molar-refractivity contribution in [3.05, 3.63) is 42.0 Å². The molecular formula is C19H26N8. The fourth-order valence-corrected chi connectivity index (χ4v) is 3.28. The van der Waals surface area contributed by atoms with Crippen molar-refractivity contribution in [3.63, 3.8) is 0 Å². The molecule has 0 amide bonds. The van der Waals surface area contributed by atoms with Gasteiger partial charge in [0.25, 0.3) is 0 Å². The molecule has 1 atom stereocenters. The highest BCUT2D eigenvalue weighted by molar-refractivity contribution is 5.80. The summed E-state index contributed by atoms with van der Waals surface area (Å²) in [6.07, 6.45) is 3.68. The number of piperidine rings is 1. The molecule has 0 bridgehead atoms. The number of aromatic nitrogens is 3. The standard InChI is InChI=1S/C19H26N8/c1-3-21-19(22-12-18-23-14-24-26(18)2)25-16-8-6-10-27(13-16)17-9-5-4-7-15(17)11-20/h4-5,7,9,14,16H,3,6,8,10,12-13H2,1-2H3,(H2,21,22,25). The summed E-state index contributed by atoms with van der Waals surface area (Å²) in [6, 6.07) is 10.4. The van der Waals surface area contributed by atoms with Crippen LogP contribution in [0.4, 0.5) is 5.69 Å². The second-order valence-electron chi connectivity index (χ2n) is 6.55. The summed E-state index contributed by atoms with van der Waals surface area (Å²) in [7, 11) is 1.86. The molecule has 3 rings (SSSR count). The molecule has 1 aromatic heterocycles. The van der Waals surface area contributed by atoms with Crippen LogP contribution in [0.15, 0.2) is 35.6 Å². The van der Waals surface area contributed by atoms with Crippen molar-refractivity contribution in [2.75, 3.05) is 24.5 Å². The van der Waals surface area contributed by atoms with Gasteiger partial charge < -0.3 is 15.5 Å².